The van der Waals surface area contributed by atoms with E-state index in [9.17, 15) is 13.2 Å². The molecule has 0 radical (unpaired) electrons. The zero-order valence-electron chi connectivity index (χ0n) is 15.8. The number of aryl methyl sites for hydroxylation is 1. The van der Waals surface area contributed by atoms with Crippen molar-refractivity contribution in [3.05, 3.63) is 90.0 Å². The summed E-state index contributed by atoms with van der Waals surface area (Å²) in [5, 5.41) is 0. The Morgan fingerprint density at radius 3 is 2.25 bits per heavy atom. The molecule has 0 saturated heterocycles. The molecule has 6 heteroatoms. The van der Waals surface area contributed by atoms with Gasteiger partial charge in [0.2, 0.25) is 0 Å². The molecule has 0 bridgehead atoms. The van der Waals surface area contributed by atoms with Crippen LogP contribution >= 0.6 is 0 Å². The van der Waals surface area contributed by atoms with Crippen LogP contribution in [0.4, 0.5) is 11.4 Å². The number of carbonyl (C=O) groups is 1. The molecule has 3 aromatic carbocycles. The summed E-state index contributed by atoms with van der Waals surface area (Å²) in [5.41, 5.74) is 2.53. The number of nitrogens with zero attached hydrogens (tertiary/aromatic N) is 1. The highest BCUT2D eigenvalue weighted by Gasteiger charge is 2.18. The molecular formula is C22H22N2O3S. The Morgan fingerprint density at radius 2 is 1.61 bits per heavy atom. The van der Waals surface area contributed by atoms with Gasteiger partial charge in [0.25, 0.3) is 15.9 Å². The second-order valence-electron chi connectivity index (χ2n) is 6.38. The molecule has 0 aliphatic heterocycles. The SMILES string of the molecule is CCN(C(=O)c1cccc(NS(=O)(=O)c2ccc(C)cc2)c1)c1ccccc1. The van der Waals surface area contributed by atoms with Gasteiger partial charge in [0.15, 0.2) is 0 Å². The number of para-hydroxylation sites is 1. The molecule has 0 fully saturated rings. The number of hydrogen-bond donors (Lipinski definition) is 1. The summed E-state index contributed by atoms with van der Waals surface area (Å²) in [5.74, 6) is -0.190. The standard InChI is InChI=1S/C22H22N2O3S/c1-3-24(20-10-5-4-6-11-20)22(25)18-8-7-9-19(16-18)23-28(26,27)21-14-12-17(2)13-15-21/h4-16,23H,3H2,1-2H3. The van der Waals surface area contributed by atoms with Crippen LogP contribution in [-0.2, 0) is 10.0 Å². The van der Waals surface area contributed by atoms with E-state index >= 15 is 0 Å². The first-order chi connectivity index (χ1) is 13.4. The Kier molecular flexibility index (Phi) is 5.80. The third-order valence-electron chi connectivity index (χ3n) is 4.32. The van der Waals surface area contributed by atoms with Gasteiger partial charge in [0.1, 0.15) is 0 Å². The molecule has 0 aliphatic carbocycles. The Hall–Kier alpha value is -3.12. The Balaban J connectivity index is 1.85. The van der Waals surface area contributed by atoms with Crippen molar-refractivity contribution >= 4 is 27.3 Å². The molecule has 0 aromatic heterocycles. The van der Waals surface area contributed by atoms with Crippen LogP contribution in [0.1, 0.15) is 22.8 Å². The fourth-order valence-corrected chi connectivity index (χ4v) is 3.90. The van der Waals surface area contributed by atoms with Crippen LogP contribution in [0.5, 0.6) is 0 Å². The van der Waals surface area contributed by atoms with Crippen LogP contribution in [0.3, 0.4) is 0 Å². The fraction of sp³-hybridized carbons (Fsp3) is 0.136. The minimum atomic E-state index is -3.73. The fourth-order valence-electron chi connectivity index (χ4n) is 2.85. The van der Waals surface area contributed by atoms with Gasteiger partial charge in [0, 0.05) is 23.5 Å². The molecule has 0 unspecified atom stereocenters. The monoisotopic (exact) mass is 394 g/mol. The van der Waals surface area contributed by atoms with E-state index in [1.165, 1.54) is 0 Å². The molecule has 28 heavy (non-hydrogen) atoms. The molecular weight excluding hydrogens is 372 g/mol. The van der Waals surface area contributed by atoms with E-state index in [2.05, 4.69) is 4.72 Å². The Morgan fingerprint density at radius 1 is 0.929 bits per heavy atom. The largest absolute Gasteiger partial charge is 0.309 e. The zero-order chi connectivity index (χ0) is 20.1. The molecule has 0 aliphatic rings. The van der Waals surface area contributed by atoms with Crippen molar-refractivity contribution in [1.29, 1.82) is 0 Å². The van der Waals surface area contributed by atoms with Gasteiger partial charge in [-0.1, -0.05) is 42.0 Å². The lowest BCUT2D eigenvalue weighted by Gasteiger charge is -2.21. The van der Waals surface area contributed by atoms with Crippen molar-refractivity contribution in [3.63, 3.8) is 0 Å². The van der Waals surface area contributed by atoms with Gasteiger partial charge in [-0.3, -0.25) is 9.52 Å². The van der Waals surface area contributed by atoms with Crippen molar-refractivity contribution in [3.8, 4) is 0 Å². The maximum atomic E-state index is 13.0. The molecule has 3 rings (SSSR count). The van der Waals surface area contributed by atoms with Crippen LogP contribution in [0.2, 0.25) is 0 Å². The van der Waals surface area contributed by atoms with E-state index in [4.69, 9.17) is 0 Å². The van der Waals surface area contributed by atoms with Crippen LogP contribution in [0, 0.1) is 6.92 Å². The highest BCUT2D eigenvalue weighted by Crippen LogP contribution is 2.21. The molecule has 144 valence electrons. The van der Waals surface area contributed by atoms with Crippen molar-refractivity contribution in [2.24, 2.45) is 0 Å². The normalized spacial score (nSPS) is 11.1. The second-order valence-corrected chi connectivity index (χ2v) is 8.07. The van der Waals surface area contributed by atoms with Crippen molar-refractivity contribution in [1.82, 2.24) is 0 Å². The van der Waals surface area contributed by atoms with E-state index in [0.717, 1.165) is 11.3 Å². The van der Waals surface area contributed by atoms with Crippen LogP contribution < -0.4 is 9.62 Å². The van der Waals surface area contributed by atoms with Gasteiger partial charge < -0.3 is 4.90 Å². The van der Waals surface area contributed by atoms with E-state index in [1.54, 1.807) is 53.4 Å². The van der Waals surface area contributed by atoms with Gasteiger partial charge in [-0.05, 0) is 56.3 Å². The maximum absolute atomic E-state index is 13.0. The topological polar surface area (TPSA) is 66.5 Å². The Bertz CT molecular complexity index is 1060. The Labute approximate surface area is 165 Å². The molecule has 5 nitrogen and oxygen atoms in total. The summed E-state index contributed by atoms with van der Waals surface area (Å²) in [7, 11) is -3.73. The average Bonchev–Trinajstić information content (AvgIpc) is 2.69. The first-order valence-corrected chi connectivity index (χ1v) is 10.5. The predicted molar refractivity (Wildman–Crippen MR) is 112 cm³/mol. The summed E-state index contributed by atoms with van der Waals surface area (Å²) >= 11 is 0. The van der Waals surface area contributed by atoms with Gasteiger partial charge in [-0.25, -0.2) is 8.42 Å². The van der Waals surface area contributed by atoms with Crippen LogP contribution in [0.25, 0.3) is 0 Å². The molecule has 0 atom stereocenters. The molecule has 3 aromatic rings. The smallest absolute Gasteiger partial charge is 0.261 e. The predicted octanol–water partition coefficient (Wildman–Crippen LogP) is 4.46. The number of anilines is 2. The summed E-state index contributed by atoms with van der Waals surface area (Å²) in [6.07, 6.45) is 0. The number of carbonyl (C=O) groups excluding carboxylic acids is 1. The highest BCUT2D eigenvalue weighted by molar-refractivity contribution is 7.92. The van der Waals surface area contributed by atoms with Crippen LogP contribution in [0.15, 0.2) is 83.8 Å². The molecule has 0 spiro atoms. The second kappa shape index (κ2) is 8.27. The third kappa shape index (κ3) is 4.40. The molecule has 1 N–H and O–H groups in total. The lowest BCUT2D eigenvalue weighted by Crippen LogP contribution is -2.30. The summed E-state index contributed by atoms with van der Waals surface area (Å²) in [6, 6.07) is 22.5. The number of rotatable bonds is 6. The van der Waals surface area contributed by atoms with Crippen molar-refractivity contribution in [2.45, 2.75) is 18.7 Å². The highest BCUT2D eigenvalue weighted by atomic mass is 32.2. The number of benzene rings is 3. The minimum absolute atomic E-state index is 0.175. The molecule has 0 saturated carbocycles. The van der Waals surface area contributed by atoms with E-state index < -0.39 is 10.0 Å². The van der Waals surface area contributed by atoms with Crippen LogP contribution in [-0.4, -0.2) is 20.9 Å². The molecule has 1 amide bonds. The lowest BCUT2D eigenvalue weighted by molar-refractivity contribution is 0.0988. The van der Waals surface area contributed by atoms with Gasteiger partial charge in [-0.2, -0.15) is 0 Å². The summed E-state index contributed by atoms with van der Waals surface area (Å²) in [4.78, 5) is 14.8. The summed E-state index contributed by atoms with van der Waals surface area (Å²) < 4.78 is 27.7. The number of nitrogens with one attached hydrogen (secondary N) is 1. The van der Waals surface area contributed by atoms with E-state index in [-0.39, 0.29) is 10.8 Å². The van der Waals surface area contributed by atoms with Gasteiger partial charge in [-0.15, -0.1) is 0 Å². The van der Waals surface area contributed by atoms with E-state index in [0.29, 0.717) is 17.8 Å². The average molecular weight is 394 g/mol. The number of amides is 1. The first kappa shape index (κ1) is 19.6. The number of hydrogen-bond acceptors (Lipinski definition) is 3. The third-order valence-corrected chi connectivity index (χ3v) is 5.72. The van der Waals surface area contributed by atoms with Gasteiger partial charge in [0.05, 0.1) is 4.90 Å². The molecule has 0 heterocycles. The summed E-state index contributed by atoms with van der Waals surface area (Å²) in [6.45, 7) is 4.29. The first-order valence-electron chi connectivity index (χ1n) is 8.97. The minimum Gasteiger partial charge on any atom is -0.309 e. The zero-order valence-corrected chi connectivity index (χ0v) is 16.6. The quantitative estimate of drug-likeness (QED) is 0.671. The van der Waals surface area contributed by atoms with Crippen molar-refractivity contribution in [2.75, 3.05) is 16.2 Å². The lowest BCUT2D eigenvalue weighted by atomic mass is 10.1. The maximum Gasteiger partial charge on any atom is 0.261 e. The number of sulfonamides is 1. The van der Waals surface area contributed by atoms with E-state index in [1.807, 2.05) is 44.2 Å². The van der Waals surface area contributed by atoms with Gasteiger partial charge >= 0.3 is 0 Å². The van der Waals surface area contributed by atoms with Crippen molar-refractivity contribution < 1.29 is 13.2 Å².